The molecule has 0 aliphatic heterocycles. The minimum absolute atomic E-state index is 0.301. The zero-order valence-electron chi connectivity index (χ0n) is 13.3. The number of aliphatic hydroxyl groups is 1. The summed E-state index contributed by atoms with van der Waals surface area (Å²) in [5, 5.41) is 12.7. The Morgan fingerprint density at radius 2 is 1.78 bits per heavy atom. The maximum Gasteiger partial charge on any atom is 0.416 e. The molecule has 6 heteroatoms. The van der Waals surface area contributed by atoms with Crippen molar-refractivity contribution >= 4 is 5.91 Å². The molecular weight excluding hydrogens is 307 g/mol. The van der Waals surface area contributed by atoms with Gasteiger partial charge in [0.25, 0.3) is 0 Å². The molecule has 1 aliphatic carbocycles. The molecule has 2 rings (SSSR count). The van der Waals surface area contributed by atoms with E-state index in [1.54, 1.807) is 13.8 Å². The quantitative estimate of drug-likeness (QED) is 0.893. The molecule has 23 heavy (non-hydrogen) atoms. The lowest BCUT2D eigenvalue weighted by Gasteiger charge is -2.32. The summed E-state index contributed by atoms with van der Waals surface area (Å²) in [5.41, 5.74) is -1.58. The number of alkyl halides is 3. The van der Waals surface area contributed by atoms with Crippen molar-refractivity contribution < 1.29 is 23.1 Å². The van der Waals surface area contributed by atoms with Crippen molar-refractivity contribution in [1.29, 1.82) is 0 Å². The lowest BCUT2D eigenvalue weighted by atomic mass is 9.82. The number of benzene rings is 1. The molecule has 3 nitrogen and oxygen atoms in total. The SMILES string of the molecule is CC(C)(C(=O)NC1CCCCC1O)c1cccc(C(F)(F)F)c1. The Kier molecular flexibility index (Phi) is 5.04. The molecule has 128 valence electrons. The van der Waals surface area contributed by atoms with Crippen LogP contribution in [0.5, 0.6) is 0 Å². The first-order valence-electron chi connectivity index (χ1n) is 7.79. The third-order valence-corrected chi connectivity index (χ3v) is 4.53. The molecule has 1 aromatic carbocycles. The highest BCUT2D eigenvalue weighted by atomic mass is 19.4. The predicted octanol–water partition coefficient (Wildman–Crippen LogP) is 3.40. The van der Waals surface area contributed by atoms with Crippen molar-refractivity contribution in [2.75, 3.05) is 0 Å². The summed E-state index contributed by atoms with van der Waals surface area (Å²) in [6, 6.07) is 4.50. The molecule has 1 amide bonds. The smallest absolute Gasteiger partial charge is 0.391 e. The van der Waals surface area contributed by atoms with Crippen LogP contribution in [0.1, 0.15) is 50.7 Å². The van der Waals surface area contributed by atoms with E-state index in [1.165, 1.54) is 12.1 Å². The largest absolute Gasteiger partial charge is 0.416 e. The maximum absolute atomic E-state index is 12.8. The van der Waals surface area contributed by atoms with Crippen LogP contribution in [-0.2, 0) is 16.4 Å². The van der Waals surface area contributed by atoms with E-state index in [-0.39, 0.29) is 11.9 Å². The minimum Gasteiger partial charge on any atom is -0.391 e. The molecule has 0 heterocycles. The monoisotopic (exact) mass is 329 g/mol. The Labute approximate surface area is 133 Å². The van der Waals surface area contributed by atoms with Crippen LogP contribution in [0.2, 0.25) is 0 Å². The molecule has 1 saturated carbocycles. The van der Waals surface area contributed by atoms with Crippen molar-refractivity contribution in [3.05, 3.63) is 35.4 Å². The molecule has 0 radical (unpaired) electrons. The van der Waals surface area contributed by atoms with Crippen LogP contribution in [0.3, 0.4) is 0 Å². The van der Waals surface area contributed by atoms with Gasteiger partial charge in [0.15, 0.2) is 0 Å². The Hall–Kier alpha value is -1.56. The zero-order valence-corrected chi connectivity index (χ0v) is 13.3. The molecule has 0 aromatic heterocycles. The molecule has 2 unspecified atom stereocenters. The number of halogens is 3. The minimum atomic E-state index is -4.44. The third-order valence-electron chi connectivity index (χ3n) is 4.53. The van der Waals surface area contributed by atoms with Gasteiger partial charge >= 0.3 is 6.18 Å². The number of aliphatic hydroxyl groups excluding tert-OH is 1. The van der Waals surface area contributed by atoms with Gasteiger partial charge < -0.3 is 10.4 Å². The van der Waals surface area contributed by atoms with Gasteiger partial charge in [-0.1, -0.05) is 31.0 Å². The number of amides is 1. The van der Waals surface area contributed by atoms with E-state index in [0.717, 1.165) is 25.0 Å². The average Bonchev–Trinajstić information content (AvgIpc) is 2.48. The Morgan fingerprint density at radius 1 is 1.17 bits per heavy atom. The number of hydrogen-bond donors (Lipinski definition) is 2. The second-order valence-corrected chi connectivity index (χ2v) is 6.64. The fourth-order valence-corrected chi connectivity index (χ4v) is 2.84. The fourth-order valence-electron chi connectivity index (χ4n) is 2.84. The van der Waals surface area contributed by atoms with Gasteiger partial charge in [-0.05, 0) is 38.3 Å². The van der Waals surface area contributed by atoms with Gasteiger partial charge in [-0.25, -0.2) is 0 Å². The van der Waals surface area contributed by atoms with E-state index in [9.17, 15) is 23.1 Å². The molecule has 1 aromatic rings. The molecular formula is C17H22F3NO2. The van der Waals surface area contributed by atoms with Gasteiger partial charge in [-0.15, -0.1) is 0 Å². The number of carbonyl (C=O) groups is 1. The summed E-state index contributed by atoms with van der Waals surface area (Å²) in [6.45, 7) is 3.18. The average molecular weight is 329 g/mol. The fraction of sp³-hybridized carbons (Fsp3) is 0.588. The van der Waals surface area contributed by atoms with Crippen molar-refractivity contribution in [1.82, 2.24) is 5.32 Å². The normalized spacial score (nSPS) is 22.7. The first-order chi connectivity index (χ1) is 10.6. The maximum atomic E-state index is 12.8. The summed E-state index contributed by atoms with van der Waals surface area (Å²) in [7, 11) is 0. The second kappa shape index (κ2) is 6.51. The van der Waals surface area contributed by atoms with Gasteiger partial charge in [0.05, 0.1) is 23.1 Å². The van der Waals surface area contributed by atoms with Gasteiger partial charge in [0, 0.05) is 0 Å². The number of nitrogens with one attached hydrogen (secondary N) is 1. The standard InChI is InChI=1S/C17H22F3NO2/c1-16(2,11-6-5-7-12(10-11)17(18,19)20)15(23)21-13-8-3-4-9-14(13)22/h5-7,10,13-14,22H,3-4,8-9H2,1-2H3,(H,21,23). The van der Waals surface area contributed by atoms with Crippen molar-refractivity contribution in [3.63, 3.8) is 0 Å². The van der Waals surface area contributed by atoms with Gasteiger partial charge in [-0.3, -0.25) is 4.79 Å². The first-order valence-corrected chi connectivity index (χ1v) is 7.79. The molecule has 0 saturated heterocycles. The summed E-state index contributed by atoms with van der Waals surface area (Å²) < 4.78 is 38.5. The van der Waals surface area contributed by atoms with Crippen LogP contribution >= 0.6 is 0 Å². The number of hydrogen-bond acceptors (Lipinski definition) is 2. The summed E-state index contributed by atoms with van der Waals surface area (Å²) in [4.78, 5) is 12.5. The highest BCUT2D eigenvalue weighted by Gasteiger charge is 2.36. The molecule has 0 spiro atoms. The first kappa shape index (κ1) is 17.8. The Morgan fingerprint density at radius 3 is 2.39 bits per heavy atom. The van der Waals surface area contributed by atoms with Gasteiger partial charge in [0.1, 0.15) is 0 Å². The summed E-state index contributed by atoms with van der Waals surface area (Å²) in [5.74, 6) is -0.372. The number of rotatable bonds is 3. The Bertz CT molecular complexity index is 569. The van der Waals surface area contributed by atoms with E-state index >= 15 is 0 Å². The van der Waals surface area contributed by atoms with Gasteiger partial charge in [0.2, 0.25) is 5.91 Å². The highest BCUT2D eigenvalue weighted by Crippen LogP contribution is 2.33. The topological polar surface area (TPSA) is 49.3 Å². The number of carbonyl (C=O) groups excluding carboxylic acids is 1. The molecule has 1 aliphatic rings. The third kappa shape index (κ3) is 4.05. The lowest BCUT2D eigenvalue weighted by Crippen LogP contribution is -2.50. The van der Waals surface area contributed by atoms with Crippen LogP contribution in [0.15, 0.2) is 24.3 Å². The van der Waals surface area contributed by atoms with E-state index in [0.29, 0.717) is 18.4 Å². The highest BCUT2D eigenvalue weighted by molar-refractivity contribution is 5.87. The molecule has 2 atom stereocenters. The van der Waals surface area contributed by atoms with Crippen LogP contribution in [-0.4, -0.2) is 23.2 Å². The summed E-state index contributed by atoms with van der Waals surface area (Å²) in [6.07, 6.45) is -1.87. The van der Waals surface area contributed by atoms with Gasteiger partial charge in [-0.2, -0.15) is 13.2 Å². The van der Waals surface area contributed by atoms with Crippen molar-refractivity contribution in [2.24, 2.45) is 0 Å². The van der Waals surface area contributed by atoms with E-state index < -0.39 is 23.3 Å². The molecule has 2 N–H and O–H groups in total. The van der Waals surface area contributed by atoms with Crippen LogP contribution in [0, 0.1) is 0 Å². The van der Waals surface area contributed by atoms with Crippen molar-refractivity contribution in [3.8, 4) is 0 Å². The predicted molar refractivity (Wildman–Crippen MR) is 80.9 cm³/mol. The van der Waals surface area contributed by atoms with E-state index in [2.05, 4.69) is 5.32 Å². The van der Waals surface area contributed by atoms with E-state index in [4.69, 9.17) is 0 Å². The van der Waals surface area contributed by atoms with Crippen LogP contribution in [0.4, 0.5) is 13.2 Å². The van der Waals surface area contributed by atoms with Crippen LogP contribution < -0.4 is 5.32 Å². The summed E-state index contributed by atoms with van der Waals surface area (Å²) >= 11 is 0. The van der Waals surface area contributed by atoms with E-state index in [1.807, 2.05) is 0 Å². The lowest BCUT2D eigenvalue weighted by molar-refractivity contribution is -0.138. The van der Waals surface area contributed by atoms with Crippen molar-refractivity contribution in [2.45, 2.75) is 63.3 Å². The second-order valence-electron chi connectivity index (χ2n) is 6.64. The zero-order chi connectivity index (χ0) is 17.3. The van der Waals surface area contributed by atoms with Crippen LogP contribution in [0.25, 0.3) is 0 Å². The Balaban J connectivity index is 2.18. The molecule has 0 bridgehead atoms. The molecule has 1 fully saturated rings.